The van der Waals surface area contributed by atoms with Gasteiger partial charge < -0.3 is 10.6 Å². The van der Waals surface area contributed by atoms with Crippen LogP contribution in [0.1, 0.15) is 52.4 Å². The summed E-state index contributed by atoms with van der Waals surface area (Å²) < 4.78 is 0. The number of nitrogens with two attached hydrogens (primary N) is 1. The Labute approximate surface area is 112 Å². The lowest BCUT2D eigenvalue weighted by Crippen LogP contribution is -2.36. The quantitative estimate of drug-likeness (QED) is 0.792. The topological polar surface area (TPSA) is 46.3 Å². The summed E-state index contributed by atoms with van der Waals surface area (Å²) in [6, 6.07) is 0. The SMILES string of the molecule is CC(C)CCCN(C)C(=O)C1CCC(CN)CC1. The van der Waals surface area contributed by atoms with E-state index in [0.717, 1.165) is 51.1 Å². The average molecular weight is 254 g/mol. The maximum Gasteiger partial charge on any atom is 0.225 e. The first kappa shape index (κ1) is 15.5. The Kier molecular flexibility index (Phi) is 6.69. The molecular weight excluding hydrogens is 224 g/mol. The number of hydrogen-bond acceptors (Lipinski definition) is 2. The van der Waals surface area contributed by atoms with Gasteiger partial charge in [0.05, 0.1) is 0 Å². The zero-order valence-corrected chi connectivity index (χ0v) is 12.3. The molecule has 0 aromatic carbocycles. The molecule has 1 rings (SSSR count). The molecule has 0 spiro atoms. The fourth-order valence-corrected chi connectivity index (χ4v) is 2.80. The van der Waals surface area contributed by atoms with Crippen LogP contribution in [0.25, 0.3) is 0 Å². The number of nitrogens with zero attached hydrogens (tertiary/aromatic N) is 1. The third kappa shape index (κ3) is 4.97. The number of hydrogen-bond donors (Lipinski definition) is 1. The summed E-state index contributed by atoms with van der Waals surface area (Å²) in [5.74, 6) is 2.00. The number of amides is 1. The summed E-state index contributed by atoms with van der Waals surface area (Å²) in [6.07, 6.45) is 6.67. The van der Waals surface area contributed by atoms with Crippen molar-refractivity contribution in [2.45, 2.75) is 52.4 Å². The summed E-state index contributed by atoms with van der Waals surface area (Å²) in [6.45, 7) is 6.16. The highest BCUT2D eigenvalue weighted by molar-refractivity contribution is 5.78. The fourth-order valence-electron chi connectivity index (χ4n) is 2.80. The van der Waals surface area contributed by atoms with Crippen LogP contribution in [0.2, 0.25) is 0 Å². The van der Waals surface area contributed by atoms with E-state index in [1.54, 1.807) is 0 Å². The molecule has 3 heteroatoms. The third-order valence-corrected chi connectivity index (χ3v) is 4.18. The summed E-state index contributed by atoms with van der Waals surface area (Å²) in [5.41, 5.74) is 5.68. The van der Waals surface area contributed by atoms with Gasteiger partial charge in [0.1, 0.15) is 0 Å². The largest absolute Gasteiger partial charge is 0.346 e. The average Bonchev–Trinajstić information content (AvgIpc) is 2.37. The summed E-state index contributed by atoms with van der Waals surface area (Å²) in [4.78, 5) is 14.2. The van der Waals surface area contributed by atoms with Crippen molar-refractivity contribution in [1.29, 1.82) is 0 Å². The van der Waals surface area contributed by atoms with Crippen LogP contribution in [-0.2, 0) is 4.79 Å². The van der Waals surface area contributed by atoms with E-state index >= 15 is 0 Å². The molecule has 0 aromatic rings. The first-order valence-corrected chi connectivity index (χ1v) is 7.49. The van der Waals surface area contributed by atoms with Gasteiger partial charge in [-0.1, -0.05) is 13.8 Å². The number of carbonyl (C=O) groups excluding carboxylic acids is 1. The van der Waals surface area contributed by atoms with Gasteiger partial charge >= 0.3 is 0 Å². The molecule has 0 radical (unpaired) electrons. The predicted molar refractivity (Wildman–Crippen MR) is 76.2 cm³/mol. The van der Waals surface area contributed by atoms with Crippen molar-refractivity contribution in [3.05, 3.63) is 0 Å². The molecule has 0 aliphatic heterocycles. The molecule has 1 aliphatic carbocycles. The van der Waals surface area contributed by atoms with Crippen molar-refractivity contribution < 1.29 is 4.79 Å². The van der Waals surface area contributed by atoms with Crippen LogP contribution in [0.15, 0.2) is 0 Å². The standard InChI is InChI=1S/C15H30N2O/c1-12(2)5-4-10-17(3)15(18)14-8-6-13(11-16)7-9-14/h12-14H,4-11,16H2,1-3H3. The van der Waals surface area contributed by atoms with Crippen LogP contribution in [0.5, 0.6) is 0 Å². The highest BCUT2D eigenvalue weighted by atomic mass is 16.2. The van der Waals surface area contributed by atoms with Crippen molar-refractivity contribution in [3.8, 4) is 0 Å². The first-order valence-electron chi connectivity index (χ1n) is 7.49. The fraction of sp³-hybridized carbons (Fsp3) is 0.933. The Bertz CT molecular complexity index is 245. The summed E-state index contributed by atoms with van der Waals surface area (Å²) >= 11 is 0. The molecule has 1 amide bonds. The molecule has 1 saturated carbocycles. The second-order valence-electron chi connectivity index (χ2n) is 6.25. The molecule has 0 unspecified atom stereocenters. The van der Waals surface area contributed by atoms with E-state index in [1.165, 1.54) is 6.42 Å². The van der Waals surface area contributed by atoms with Gasteiger partial charge in [-0.15, -0.1) is 0 Å². The van der Waals surface area contributed by atoms with Crippen molar-refractivity contribution >= 4 is 5.91 Å². The van der Waals surface area contributed by atoms with Crippen LogP contribution in [-0.4, -0.2) is 30.9 Å². The van der Waals surface area contributed by atoms with Gasteiger partial charge in [-0.05, 0) is 56.9 Å². The van der Waals surface area contributed by atoms with Gasteiger partial charge in [0.2, 0.25) is 5.91 Å². The van der Waals surface area contributed by atoms with Crippen LogP contribution in [0.4, 0.5) is 0 Å². The van der Waals surface area contributed by atoms with Gasteiger partial charge in [-0.2, -0.15) is 0 Å². The van der Waals surface area contributed by atoms with Crippen molar-refractivity contribution in [3.63, 3.8) is 0 Å². The lowest BCUT2D eigenvalue weighted by molar-refractivity contribution is -0.135. The molecule has 0 heterocycles. The molecule has 0 aromatic heterocycles. The molecule has 0 atom stereocenters. The molecule has 1 fully saturated rings. The maximum atomic E-state index is 12.3. The monoisotopic (exact) mass is 254 g/mol. The molecule has 2 N–H and O–H groups in total. The van der Waals surface area contributed by atoms with Crippen molar-refractivity contribution in [2.24, 2.45) is 23.5 Å². The maximum absolute atomic E-state index is 12.3. The predicted octanol–water partition coefficient (Wildman–Crippen LogP) is 2.65. The highest BCUT2D eigenvalue weighted by Gasteiger charge is 2.27. The van der Waals surface area contributed by atoms with E-state index in [-0.39, 0.29) is 5.92 Å². The Morgan fingerprint density at radius 1 is 1.28 bits per heavy atom. The lowest BCUT2D eigenvalue weighted by atomic mass is 9.81. The minimum absolute atomic E-state index is 0.261. The minimum atomic E-state index is 0.261. The molecule has 0 bridgehead atoms. The molecule has 0 saturated heterocycles. The van der Waals surface area contributed by atoms with E-state index < -0.39 is 0 Å². The number of carbonyl (C=O) groups is 1. The van der Waals surface area contributed by atoms with E-state index in [9.17, 15) is 4.79 Å². The van der Waals surface area contributed by atoms with Gasteiger partial charge in [-0.25, -0.2) is 0 Å². The molecule has 3 nitrogen and oxygen atoms in total. The second kappa shape index (κ2) is 7.78. The Morgan fingerprint density at radius 2 is 1.89 bits per heavy atom. The lowest BCUT2D eigenvalue weighted by Gasteiger charge is -2.30. The zero-order chi connectivity index (χ0) is 13.5. The highest BCUT2D eigenvalue weighted by Crippen LogP contribution is 2.29. The minimum Gasteiger partial charge on any atom is -0.346 e. The normalized spacial score (nSPS) is 24.3. The first-order chi connectivity index (χ1) is 8.54. The Balaban J connectivity index is 2.26. The Hall–Kier alpha value is -0.570. The van der Waals surface area contributed by atoms with Crippen LogP contribution in [0, 0.1) is 17.8 Å². The van der Waals surface area contributed by atoms with Gasteiger partial charge in [0, 0.05) is 19.5 Å². The van der Waals surface area contributed by atoms with Crippen molar-refractivity contribution in [1.82, 2.24) is 4.90 Å². The smallest absolute Gasteiger partial charge is 0.225 e. The Morgan fingerprint density at radius 3 is 2.39 bits per heavy atom. The molecule has 1 aliphatic rings. The van der Waals surface area contributed by atoms with Gasteiger partial charge in [0.15, 0.2) is 0 Å². The van der Waals surface area contributed by atoms with E-state index in [1.807, 2.05) is 11.9 Å². The zero-order valence-electron chi connectivity index (χ0n) is 12.3. The van der Waals surface area contributed by atoms with Crippen LogP contribution < -0.4 is 5.73 Å². The van der Waals surface area contributed by atoms with Gasteiger partial charge in [-0.3, -0.25) is 4.79 Å². The van der Waals surface area contributed by atoms with Crippen LogP contribution >= 0.6 is 0 Å². The van der Waals surface area contributed by atoms with Crippen LogP contribution in [0.3, 0.4) is 0 Å². The molecular formula is C15H30N2O. The van der Waals surface area contributed by atoms with Crippen molar-refractivity contribution in [2.75, 3.05) is 20.1 Å². The summed E-state index contributed by atoms with van der Waals surface area (Å²) in [7, 11) is 1.96. The second-order valence-corrected chi connectivity index (χ2v) is 6.25. The summed E-state index contributed by atoms with van der Waals surface area (Å²) in [5, 5.41) is 0. The van der Waals surface area contributed by atoms with Gasteiger partial charge in [0.25, 0.3) is 0 Å². The number of rotatable bonds is 6. The third-order valence-electron chi connectivity index (χ3n) is 4.18. The van der Waals surface area contributed by atoms with E-state index in [4.69, 9.17) is 5.73 Å². The van der Waals surface area contributed by atoms with E-state index in [0.29, 0.717) is 11.8 Å². The van der Waals surface area contributed by atoms with E-state index in [2.05, 4.69) is 13.8 Å². The molecule has 18 heavy (non-hydrogen) atoms. The molecule has 106 valence electrons.